The maximum atomic E-state index is 13.9. The lowest BCUT2D eigenvalue weighted by Crippen LogP contribution is -2.47. The first kappa shape index (κ1) is 23.8. The van der Waals surface area contributed by atoms with Crippen molar-refractivity contribution in [1.82, 2.24) is 30.5 Å². The molecule has 1 saturated carbocycles. The summed E-state index contributed by atoms with van der Waals surface area (Å²) in [6.07, 6.45) is 7.35. The Labute approximate surface area is 213 Å². The van der Waals surface area contributed by atoms with Gasteiger partial charge in [0.15, 0.2) is 0 Å². The average Bonchev–Trinajstić information content (AvgIpc) is 3.67. The molecule has 1 aliphatic rings. The van der Waals surface area contributed by atoms with Crippen molar-refractivity contribution in [3.05, 3.63) is 77.4 Å². The molecule has 2 amide bonds. The van der Waals surface area contributed by atoms with E-state index in [1.165, 1.54) is 21.0 Å². The number of pyridine rings is 1. The Morgan fingerprint density at radius 3 is 2.56 bits per heavy atom. The van der Waals surface area contributed by atoms with E-state index in [9.17, 15) is 9.59 Å². The first-order chi connectivity index (χ1) is 17.6. The quantitative estimate of drug-likeness (QED) is 0.392. The van der Waals surface area contributed by atoms with Crippen LogP contribution in [0.3, 0.4) is 0 Å². The fraction of sp³-hybridized carbons (Fsp3) is 0.308. The lowest BCUT2D eigenvalue weighted by molar-refractivity contribution is -0.127. The predicted molar refractivity (Wildman–Crippen MR) is 137 cm³/mol. The SMILES string of the molecule is Cc1ccc(N(C(=O)Cn2nnc(-c3cccs3)n2)[C@H](C(=O)NC2CCCC2)c2ccncc2)cc1. The van der Waals surface area contributed by atoms with Gasteiger partial charge in [0.05, 0.1) is 4.88 Å². The predicted octanol–water partition coefficient (Wildman–Crippen LogP) is 3.94. The smallest absolute Gasteiger partial charge is 0.251 e. The molecule has 0 bridgehead atoms. The Morgan fingerprint density at radius 1 is 1.11 bits per heavy atom. The molecule has 3 aromatic heterocycles. The van der Waals surface area contributed by atoms with E-state index < -0.39 is 6.04 Å². The molecule has 0 aliphatic heterocycles. The van der Waals surface area contributed by atoms with Gasteiger partial charge in [-0.25, -0.2) is 0 Å². The van der Waals surface area contributed by atoms with Gasteiger partial charge in [0.2, 0.25) is 11.7 Å². The van der Waals surface area contributed by atoms with Crippen molar-refractivity contribution in [3.8, 4) is 10.7 Å². The first-order valence-electron chi connectivity index (χ1n) is 12.0. The minimum absolute atomic E-state index is 0.113. The number of nitrogens with zero attached hydrogens (tertiary/aromatic N) is 6. The summed E-state index contributed by atoms with van der Waals surface area (Å²) in [5.74, 6) is -0.0745. The second-order valence-corrected chi connectivity index (χ2v) is 9.84. The lowest BCUT2D eigenvalue weighted by Gasteiger charge is -2.32. The van der Waals surface area contributed by atoms with Crippen LogP contribution in [0.5, 0.6) is 0 Å². The van der Waals surface area contributed by atoms with Crippen molar-refractivity contribution in [2.24, 2.45) is 0 Å². The molecular weight excluding hydrogens is 474 g/mol. The van der Waals surface area contributed by atoms with Gasteiger partial charge in [-0.15, -0.1) is 21.5 Å². The van der Waals surface area contributed by atoms with Gasteiger partial charge >= 0.3 is 0 Å². The number of hydrogen-bond acceptors (Lipinski definition) is 7. The molecular formula is C26H27N7O2S. The van der Waals surface area contributed by atoms with E-state index in [4.69, 9.17) is 0 Å². The van der Waals surface area contributed by atoms with E-state index in [0.717, 1.165) is 36.1 Å². The molecule has 0 radical (unpaired) electrons. The minimum atomic E-state index is -0.871. The van der Waals surface area contributed by atoms with E-state index in [1.54, 1.807) is 24.5 Å². The van der Waals surface area contributed by atoms with Crippen LogP contribution in [0.15, 0.2) is 66.3 Å². The molecule has 0 saturated heterocycles. The van der Waals surface area contributed by atoms with Gasteiger partial charge in [-0.3, -0.25) is 19.5 Å². The third-order valence-corrected chi connectivity index (χ3v) is 7.15. The molecule has 1 aromatic carbocycles. The third kappa shape index (κ3) is 5.33. The molecule has 0 unspecified atom stereocenters. The number of benzene rings is 1. The molecule has 1 atom stereocenters. The number of thiophene rings is 1. The van der Waals surface area contributed by atoms with E-state index in [2.05, 4.69) is 25.7 Å². The number of aromatic nitrogens is 5. The number of hydrogen-bond donors (Lipinski definition) is 1. The van der Waals surface area contributed by atoms with E-state index in [-0.39, 0.29) is 24.4 Å². The number of rotatable bonds is 8. The summed E-state index contributed by atoms with van der Waals surface area (Å²) >= 11 is 1.50. The Morgan fingerprint density at radius 2 is 1.86 bits per heavy atom. The maximum Gasteiger partial charge on any atom is 0.251 e. The molecule has 9 nitrogen and oxygen atoms in total. The Balaban J connectivity index is 1.49. The van der Waals surface area contributed by atoms with Crippen LogP contribution in [0.2, 0.25) is 0 Å². The zero-order valence-electron chi connectivity index (χ0n) is 19.9. The molecule has 1 N–H and O–H groups in total. The summed E-state index contributed by atoms with van der Waals surface area (Å²) in [7, 11) is 0. The number of anilines is 1. The van der Waals surface area contributed by atoms with E-state index in [0.29, 0.717) is 17.1 Å². The summed E-state index contributed by atoms with van der Waals surface area (Å²) in [5, 5.41) is 17.7. The molecule has 3 heterocycles. The van der Waals surface area contributed by atoms with E-state index >= 15 is 0 Å². The minimum Gasteiger partial charge on any atom is -0.351 e. The number of nitrogens with one attached hydrogen (secondary N) is 1. The first-order valence-corrected chi connectivity index (χ1v) is 12.9. The van der Waals surface area contributed by atoms with Gasteiger partial charge in [-0.05, 0) is 66.3 Å². The molecule has 1 fully saturated rings. The topological polar surface area (TPSA) is 106 Å². The molecule has 1 aliphatic carbocycles. The monoisotopic (exact) mass is 501 g/mol. The highest BCUT2D eigenvalue weighted by molar-refractivity contribution is 7.13. The fourth-order valence-corrected chi connectivity index (χ4v) is 5.12. The van der Waals surface area contributed by atoms with Crippen molar-refractivity contribution in [1.29, 1.82) is 0 Å². The zero-order valence-corrected chi connectivity index (χ0v) is 20.8. The summed E-state index contributed by atoms with van der Waals surface area (Å²) in [6, 6.07) is 14.2. The fourth-order valence-electron chi connectivity index (χ4n) is 4.47. The average molecular weight is 502 g/mol. The Kier molecular flexibility index (Phi) is 7.13. The van der Waals surface area contributed by atoms with Crippen LogP contribution in [-0.2, 0) is 16.1 Å². The molecule has 184 valence electrons. The summed E-state index contributed by atoms with van der Waals surface area (Å²) < 4.78 is 0. The highest BCUT2D eigenvalue weighted by Crippen LogP contribution is 2.30. The zero-order chi connectivity index (χ0) is 24.9. The lowest BCUT2D eigenvalue weighted by atomic mass is 10.0. The molecule has 36 heavy (non-hydrogen) atoms. The van der Waals surface area contributed by atoms with Crippen LogP contribution in [0.1, 0.15) is 42.9 Å². The number of tetrazole rings is 1. The summed E-state index contributed by atoms with van der Waals surface area (Å²) in [6.45, 7) is 1.82. The maximum absolute atomic E-state index is 13.9. The van der Waals surface area contributed by atoms with Crippen LogP contribution >= 0.6 is 11.3 Å². The van der Waals surface area contributed by atoms with Crippen LogP contribution in [-0.4, -0.2) is 43.0 Å². The third-order valence-electron chi connectivity index (χ3n) is 6.28. The highest BCUT2D eigenvalue weighted by atomic mass is 32.1. The number of aryl methyl sites for hydroxylation is 1. The van der Waals surface area contributed by atoms with Gasteiger partial charge in [-0.1, -0.05) is 36.6 Å². The highest BCUT2D eigenvalue weighted by Gasteiger charge is 2.34. The van der Waals surface area contributed by atoms with Crippen molar-refractivity contribution in [2.45, 2.75) is 51.2 Å². The molecule has 10 heteroatoms. The number of carbonyl (C=O) groups excluding carboxylic acids is 2. The van der Waals surface area contributed by atoms with E-state index in [1.807, 2.05) is 48.7 Å². The van der Waals surface area contributed by atoms with Gasteiger partial charge < -0.3 is 5.32 Å². The van der Waals surface area contributed by atoms with Crippen molar-refractivity contribution >= 4 is 28.8 Å². The number of carbonyl (C=O) groups is 2. The standard InChI is InChI=1S/C26H27N7O2S/c1-18-8-10-21(11-9-18)33(23(34)17-32-30-25(29-31-32)22-7-4-16-36-22)24(19-12-14-27-15-13-19)26(35)28-20-5-2-3-6-20/h4,7-16,20,24H,2-3,5-6,17H2,1H3,(H,28,35)/t24-/m0/s1. The van der Waals surface area contributed by atoms with Crippen molar-refractivity contribution in [3.63, 3.8) is 0 Å². The summed E-state index contributed by atoms with van der Waals surface area (Å²) in [5.41, 5.74) is 2.35. The van der Waals surface area contributed by atoms with Crippen molar-refractivity contribution in [2.75, 3.05) is 4.90 Å². The Hall–Kier alpha value is -3.92. The van der Waals surface area contributed by atoms with Gasteiger partial charge in [0.1, 0.15) is 12.6 Å². The van der Waals surface area contributed by atoms with Crippen molar-refractivity contribution < 1.29 is 9.59 Å². The molecule has 0 spiro atoms. The van der Waals surface area contributed by atoms with Crippen LogP contribution in [0.4, 0.5) is 5.69 Å². The second kappa shape index (κ2) is 10.8. The van der Waals surface area contributed by atoms with Gasteiger partial charge in [-0.2, -0.15) is 4.80 Å². The normalized spacial score (nSPS) is 14.5. The molecule has 4 aromatic rings. The van der Waals surface area contributed by atoms with Gasteiger partial charge in [0.25, 0.3) is 5.91 Å². The van der Waals surface area contributed by atoms with Gasteiger partial charge in [0, 0.05) is 24.1 Å². The Bertz CT molecular complexity index is 1300. The number of amides is 2. The second-order valence-electron chi connectivity index (χ2n) is 8.89. The van der Waals surface area contributed by atoms with Crippen LogP contribution in [0.25, 0.3) is 10.7 Å². The van der Waals surface area contributed by atoms with Crippen LogP contribution < -0.4 is 10.2 Å². The summed E-state index contributed by atoms with van der Waals surface area (Å²) in [4.78, 5) is 35.4. The largest absolute Gasteiger partial charge is 0.351 e. The molecule has 5 rings (SSSR count). The van der Waals surface area contributed by atoms with Crippen LogP contribution in [0, 0.1) is 6.92 Å².